The van der Waals surface area contributed by atoms with E-state index in [1.54, 1.807) is 18.3 Å². The van der Waals surface area contributed by atoms with Gasteiger partial charge in [-0.3, -0.25) is 10.1 Å². The normalized spacial score (nSPS) is 14.0. The molecule has 166 valence electrons. The molecule has 0 saturated carbocycles. The maximum absolute atomic E-state index is 12.8. The summed E-state index contributed by atoms with van der Waals surface area (Å²) in [6.45, 7) is 8.09. The molecule has 1 amide bonds. The molecule has 31 heavy (non-hydrogen) atoms. The van der Waals surface area contributed by atoms with Gasteiger partial charge in [-0.15, -0.1) is 11.3 Å². The Morgan fingerprint density at radius 1 is 1.13 bits per heavy atom. The van der Waals surface area contributed by atoms with Crippen molar-refractivity contribution in [3.05, 3.63) is 51.9 Å². The van der Waals surface area contributed by atoms with Gasteiger partial charge in [0.05, 0.1) is 18.7 Å². The van der Waals surface area contributed by atoms with E-state index < -0.39 is 5.41 Å². The summed E-state index contributed by atoms with van der Waals surface area (Å²) in [5, 5.41) is 6.85. The predicted octanol–water partition coefficient (Wildman–Crippen LogP) is 4.93. The van der Waals surface area contributed by atoms with Crippen LogP contribution in [-0.4, -0.2) is 24.4 Å². The van der Waals surface area contributed by atoms with Crippen LogP contribution in [0.25, 0.3) is 0 Å². The number of benzene rings is 1. The molecule has 2 N–H and O–H groups in total. The van der Waals surface area contributed by atoms with Gasteiger partial charge < -0.3 is 10.1 Å². The van der Waals surface area contributed by atoms with Crippen molar-refractivity contribution < 1.29 is 14.3 Å². The average Bonchev–Trinajstić information content (AvgIpc) is 3.10. The highest BCUT2D eigenvalue weighted by molar-refractivity contribution is 7.17. The lowest BCUT2D eigenvalue weighted by atomic mass is 9.95. The zero-order valence-electron chi connectivity index (χ0n) is 18.7. The van der Waals surface area contributed by atoms with E-state index in [0.717, 1.165) is 36.8 Å². The van der Waals surface area contributed by atoms with Gasteiger partial charge in [0.2, 0.25) is 11.9 Å². The molecular formula is C24H31N3O3S. The number of carbonyl (C=O) groups excluding carboxylic acids is 2. The van der Waals surface area contributed by atoms with E-state index >= 15 is 0 Å². The number of aliphatic imine (C=N–C) groups is 1. The molecule has 1 aromatic heterocycles. The molecule has 2 aromatic rings. The number of hydrogen-bond acceptors (Lipinski definition) is 5. The average molecular weight is 442 g/mol. The molecule has 0 atom stereocenters. The molecule has 0 aliphatic heterocycles. The van der Waals surface area contributed by atoms with E-state index in [4.69, 9.17) is 4.74 Å². The summed E-state index contributed by atoms with van der Waals surface area (Å²) in [5.41, 5.74) is 2.11. The van der Waals surface area contributed by atoms with Gasteiger partial charge in [0.15, 0.2) is 0 Å². The van der Waals surface area contributed by atoms with Crippen molar-refractivity contribution >= 4 is 34.2 Å². The van der Waals surface area contributed by atoms with Crippen molar-refractivity contribution in [3.63, 3.8) is 0 Å². The molecule has 0 radical (unpaired) electrons. The first-order valence-electron chi connectivity index (χ1n) is 10.8. The van der Waals surface area contributed by atoms with Gasteiger partial charge in [-0.05, 0) is 43.7 Å². The number of nitrogens with zero attached hydrogens (tertiary/aromatic N) is 1. The number of amides is 1. The number of esters is 1. The number of rotatable bonds is 5. The van der Waals surface area contributed by atoms with E-state index in [-0.39, 0.29) is 11.9 Å². The van der Waals surface area contributed by atoms with E-state index in [1.807, 2.05) is 51.1 Å². The summed E-state index contributed by atoms with van der Waals surface area (Å²) >= 11 is 1.56. The summed E-state index contributed by atoms with van der Waals surface area (Å²) in [6, 6.07) is 9.84. The Morgan fingerprint density at radius 2 is 1.84 bits per heavy atom. The minimum Gasteiger partial charge on any atom is -0.462 e. The fourth-order valence-corrected chi connectivity index (χ4v) is 4.62. The minimum atomic E-state index is -0.576. The van der Waals surface area contributed by atoms with Crippen molar-refractivity contribution in [2.24, 2.45) is 10.4 Å². The van der Waals surface area contributed by atoms with E-state index in [9.17, 15) is 9.59 Å². The summed E-state index contributed by atoms with van der Waals surface area (Å²) in [4.78, 5) is 31.3. The van der Waals surface area contributed by atoms with Gasteiger partial charge in [-0.1, -0.05) is 51.1 Å². The molecule has 1 aromatic carbocycles. The van der Waals surface area contributed by atoms with Gasteiger partial charge in [-0.25, -0.2) is 9.79 Å². The number of nitrogens with one attached hydrogen (secondary N) is 2. The zero-order valence-corrected chi connectivity index (χ0v) is 19.5. The van der Waals surface area contributed by atoms with Crippen LogP contribution in [0.2, 0.25) is 0 Å². The molecule has 6 nitrogen and oxygen atoms in total. The number of carbonyl (C=O) groups is 2. The van der Waals surface area contributed by atoms with Gasteiger partial charge in [-0.2, -0.15) is 0 Å². The number of ether oxygens (including phenoxy) is 1. The highest BCUT2D eigenvalue weighted by Gasteiger charge is 2.28. The largest absolute Gasteiger partial charge is 0.462 e. The first-order valence-corrected chi connectivity index (χ1v) is 11.6. The molecule has 1 aliphatic carbocycles. The molecule has 0 bridgehead atoms. The summed E-state index contributed by atoms with van der Waals surface area (Å²) in [5.74, 6) is -0.132. The van der Waals surface area contributed by atoms with E-state index in [2.05, 4.69) is 15.6 Å². The Morgan fingerprint density at radius 3 is 2.52 bits per heavy atom. The second-order valence-electron chi connectivity index (χ2n) is 8.62. The summed E-state index contributed by atoms with van der Waals surface area (Å²) < 4.78 is 5.34. The first kappa shape index (κ1) is 23.0. The number of hydrogen-bond donors (Lipinski definition) is 2. The third-order valence-corrected chi connectivity index (χ3v) is 6.27. The predicted molar refractivity (Wildman–Crippen MR) is 126 cm³/mol. The lowest BCUT2D eigenvalue weighted by molar-refractivity contribution is -0.126. The van der Waals surface area contributed by atoms with E-state index in [1.165, 1.54) is 4.88 Å². The monoisotopic (exact) mass is 441 g/mol. The van der Waals surface area contributed by atoms with Crippen LogP contribution in [0.5, 0.6) is 0 Å². The Bertz CT molecular complexity index is 958. The quantitative estimate of drug-likeness (QED) is 0.392. The number of aryl methyl sites for hydroxylation is 1. The fourth-order valence-electron chi connectivity index (χ4n) is 3.34. The van der Waals surface area contributed by atoms with Crippen molar-refractivity contribution in [3.8, 4) is 0 Å². The molecule has 7 heteroatoms. The van der Waals surface area contributed by atoms with Crippen LogP contribution < -0.4 is 10.6 Å². The summed E-state index contributed by atoms with van der Waals surface area (Å²) in [7, 11) is 0. The maximum atomic E-state index is 12.8. The highest BCUT2D eigenvalue weighted by Crippen LogP contribution is 2.38. The van der Waals surface area contributed by atoms with Crippen LogP contribution in [0.4, 0.5) is 5.00 Å². The van der Waals surface area contributed by atoms with Gasteiger partial charge in [0, 0.05) is 10.3 Å². The van der Waals surface area contributed by atoms with Crippen molar-refractivity contribution in [2.45, 2.75) is 59.9 Å². The van der Waals surface area contributed by atoms with E-state index in [0.29, 0.717) is 29.7 Å². The second kappa shape index (κ2) is 10.1. The van der Waals surface area contributed by atoms with Crippen LogP contribution in [-0.2, 0) is 28.9 Å². The molecule has 1 heterocycles. The van der Waals surface area contributed by atoms with Crippen molar-refractivity contribution in [1.29, 1.82) is 0 Å². The summed E-state index contributed by atoms with van der Waals surface area (Å²) in [6.07, 6.45) is 4.00. The number of fused-ring (bicyclic) bond motifs is 1. The lowest BCUT2D eigenvalue weighted by Gasteiger charge is -2.19. The molecule has 0 unspecified atom stereocenters. The second-order valence-corrected chi connectivity index (χ2v) is 9.72. The van der Waals surface area contributed by atoms with Crippen LogP contribution in [0, 0.1) is 5.41 Å². The third-order valence-electron chi connectivity index (χ3n) is 5.06. The molecule has 0 saturated heterocycles. The Hall–Kier alpha value is -2.67. The van der Waals surface area contributed by atoms with Crippen LogP contribution in [0.15, 0.2) is 35.3 Å². The van der Waals surface area contributed by atoms with Crippen LogP contribution in [0.3, 0.4) is 0 Å². The Kier molecular flexibility index (Phi) is 7.49. The number of thiophene rings is 1. The highest BCUT2D eigenvalue weighted by atomic mass is 32.1. The zero-order chi connectivity index (χ0) is 22.4. The fraction of sp³-hybridized carbons (Fsp3) is 0.458. The first-order chi connectivity index (χ1) is 14.8. The Labute approximate surface area is 188 Å². The van der Waals surface area contributed by atoms with Gasteiger partial charge >= 0.3 is 5.97 Å². The molecule has 3 rings (SSSR count). The lowest BCUT2D eigenvalue weighted by Crippen LogP contribution is -2.42. The maximum Gasteiger partial charge on any atom is 0.341 e. The van der Waals surface area contributed by atoms with Crippen molar-refractivity contribution in [2.75, 3.05) is 11.9 Å². The Balaban J connectivity index is 1.93. The topological polar surface area (TPSA) is 79.8 Å². The van der Waals surface area contributed by atoms with Gasteiger partial charge in [0.25, 0.3) is 0 Å². The van der Waals surface area contributed by atoms with Gasteiger partial charge in [0.1, 0.15) is 5.00 Å². The number of guanidine groups is 1. The molecular weight excluding hydrogens is 410 g/mol. The SMILES string of the molecule is CCOC(=O)c1c(NC(=NCc2ccccc2)NC(=O)C(C)(C)C)sc2c1CCCC2. The minimum absolute atomic E-state index is 0.147. The van der Waals surface area contributed by atoms with Crippen LogP contribution >= 0.6 is 11.3 Å². The molecule has 1 aliphatic rings. The third kappa shape index (κ3) is 5.94. The van der Waals surface area contributed by atoms with Crippen molar-refractivity contribution in [1.82, 2.24) is 5.32 Å². The van der Waals surface area contributed by atoms with Crippen LogP contribution in [0.1, 0.15) is 66.9 Å². The smallest absolute Gasteiger partial charge is 0.341 e. The molecule has 0 fully saturated rings. The number of anilines is 1. The standard InChI is InChI=1S/C24H31N3O3S/c1-5-30-21(28)19-17-13-9-10-14-18(17)31-20(19)26-23(27-22(29)24(2,3)4)25-15-16-11-7-6-8-12-16/h6-8,11-12H,5,9-10,13-15H2,1-4H3,(H2,25,26,27,29). The molecule has 0 spiro atoms.